The van der Waals surface area contributed by atoms with Crippen LogP contribution in [0.3, 0.4) is 0 Å². The van der Waals surface area contributed by atoms with E-state index < -0.39 is 5.60 Å². The van der Waals surface area contributed by atoms with Gasteiger partial charge in [-0.05, 0) is 30.5 Å². The molecule has 2 N–H and O–H groups in total. The summed E-state index contributed by atoms with van der Waals surface area (Å²) in [5.74, 6) is 0. The van der Waals surface area contributed by atoms with Crippen LogP contribution in [0.1, 0.15) is 24.0 Å². The Labute approximate surface area is 122 Å². The van der Waals surface area contributed by atoms with Gasteiger partial charge >= 0.3 is 0 Å². The maximum absolute atomic E-state index is 11.4. The summed E-state index contributed by atoms with van der Waals surface area (Å²) in [5.41, 5.74) is 0.972. The van der Waals surface area contributed by atoms with Crippen LogP contribution in [0.15, 0.2) is 60.7 Å². The second-order valence-corrected chi connectivity index (χ2v) is 5.15. The Balaban J connectivity index is 0.00000147. The second kappa shape index (κ2) is 6.25. The van der Waals surface area contributed by atoms with Gasteiger partial charge in [0.2, 0.25) is 0 Å². The predicted molar refractivity (Wildman–Crippen MR) is 82.7 cm³/mol. The Hall–Kier alpha value is -1.58. The first-order valence-electron chi connectivity index (χ1n) is 6.88. The van der Waals surface area contributed by atoms with Crippen LogP contribution < -0.4 is 5.32 Å². The van der Waals surface area contributed by atoms with Crippen LogP contribution in [0.4, 0.5) is 0 Å². The fourth-order valence-corrected chi connectivity index (χ4v) is 2.99. The lowest BCUT2D eigenvalue weighted by Crippen LogP contribution is -2.46. The molecule has 1 atom stereocenters. The van der Waals surface area contributed by atoms with E-state index in [2.05, 4.69) is 5.32 Å². The van der Waals surface area contributed by atoms with Crippen LogP contribution in [-0.4, -0.2) is 26.1 Å². The summed E-state index contributed by atoms with van der Waals surface area (Å²) >= 11 is 0. The van der Waals surface area contributed by atoms with E-state index in [4.69, 9.17) is 0 Å². The van der Waals surface area contributed by atoms with Crippen LogP contribution in [-0.2, 0) is 5.60 Å². The summed E-state index contributed by atoms with van der Waals surface area (Å²) in [5, 5.41) is 14.8. The zero-order chi connectivity index (χ0) is 13.1. The van der Waals surface area contributed by atoms with Crippen molar-refractivity contribution in [1.82, 2.24) is 5.32 Å². The first-order valence-corrected chi connectivity index (χ1v) is 6.88. The largest absolute Gasteiger partial charge is 0.379 e. The fraction of sp³-hybridized carbons (Fsp3) is 0.294. The number of benzene rings is 2. The van der Waals surface area contributed by atoms with Gasteiger partial charge in [-0.2, -0.15) is 0 Å². The first-order chi connectivity index (χ1) is 9.32. The molecule has 1 fully saturated rings. The van der Waals surface area contributed by atoms with E-state index in [-0.39, 0.29) is 14.5 Å². The van der Waals surface area contributed by atoms with Crippen LogP contribution in [0.2, 0.25) is 0 Å². The molecule has 0 unspecified atom stereocenters. The molecule has 0 amide bonds. The number of rotatable bonds is 3. The summed E-state index contributed by atoms with van der Waals surface area (Å²) in [6.07, 6.45) is 2.12. The molecular weight excluding hydrogens is 245 g/mol. The molecule has 0 bridgehead atoms. The van der Waals surface area contributed by atoms with Crippen molar-refractivity contribution in [2.75, 3.05) is 6.54 Å². The summed E-state index contributed by atoms with van der Waals surface area (Å²) in [7, 11) is 0. The summed E-state index contributed by atoms with van der Waals surface area (Å²) in [6, 6.07) is 20.0. The molecule has 2 aromatic carbocycles. The molecule has 2 aromatic rings. The SMILES string of the molecule is OC(c1ccccc1)(c1ccccc1)[C@@H]1CCCN1.[B]. The molecule has 0 saturated carbocycles. The lowest BCUT2D eigenvalue weighted by Gasteiger charge is -2.35. The quantitative estimate of drug-likeness (QED) is 0.834. The summed E-state index contributed by atoms with van der Waals surface area (Å²) in [4.78, 5) is 0. The molecule has 0 spiro atoms. The standard InChI is InChI=1S/C17H19NO.B/c19-17(16-12-7-13-18-16,14-8-3-1-4-9-14)15-10-5-2-6-11-15;/h1-6,8-11,16,18-19H,7,12-13H2;/t16-;/m0./s1. The van der Waals surface area contributed by atoms with E-state index >= 15 is 0 Å². The van der Waals surface area contributed by atoms with Crippen molar-refractivity contribution in [2.45, 2.75) is 24.5 Å². The fourth-order valence-electron chi connectivity index (χ4n) is 2.99. The van der Waals surface area contributed by atoms with Gasteiger partial charge in [0.1, 0.15) is 5.60 Å². The van der Waals surface area contributed by atoms with Crippen molar-refractivity contribution in [2.24, 2.45) is 0 Å². The maximum Gasteiger partial charge on any atom is 0.130 e. The lowest BCUT2D eigenvalue weighted by atomic mass is 9.79. The number of nitrogens with one attached hydrogen (secondary N) is 1. The Morgan fingerprint density at radius 3 is 1.80 bits per heavy atom. The predicted octanol–water partition coefficient (Wildman–Crippen LogP) is 2.29. The Morgan fingerprint density at radius 1 is 0.900 bits per heavy atom. The van der Waals surface area contributed by atoms with Gasteiger partial charge in [-0.1, -0.05) is 60.7 Å². The Kier molecular flexibility index (Phi) is 4.63. The third-order valence-corrected chi connectivity index (χ3v) is 3.99. The number of aliphatic hydroxyl groups is 1. The van der Waals surface area contributed by atoms with Crippen molar-refractivity contribution in [3.8, 4) is 0 Å². The van der Waals surface area contributed by atoms with Crippen LogP contribution in [0, 0.1) is 0 Å². The molecule has 0 aromatic heterocycles. The third-order valence-electron chi connectivity index (χ3n) is 3.99. The van der Waals surface area contributed by atoms with E-state index in [9.17, 15) is 5.11 Å². The highest BCUT2D eigenvalue weighted by Gasteiger charge is 2.41. The molecule has 3 radical (unpaired) electrons. The highest BCUT2D eigenvalue weighted by atomic mass is 16.3. The minimum Gasteiger partial charge on any atom is -0.379 e. The molecule has 3 heteroatoms. The van der Waals surface area contributed by atoms with Gasteiger partial charge in [0.05, 0.1) is 0 Å². The summed E-state index contributed by atoms with van der Waals surface area (Å²) < 4.78 is 0. The van der Waals surface area contributed by atoms with Gasteiger partial charge in [0, 0.05) is 14.5 Å². The summed E-state index contributed by atoms with van der Waals surface area (Å²) in [6.45, 7) is 0.979. The van der Waals surface area contributed by atoms with Crippen LogP contribution in [0.5, 0.6) is 0 Å². The lowest BCUT2D eigenvalue weighted by molar-refractivity contribution is 0.0442. The van der Waals surface area contributed by atoms with Crippen molar-refractivity contribution in [1.29, 1.82) is 0 Å². The molecule has 20 heavy (non-hydrogen) atoms. The van der Waals surface area contributed by atoms with Crippen molar-refractivity contribution in [3.05, 3.63) is 71.8 Å². The van der Waals surface area contributed by atoms with E-state index in [0.29, 0.717) is 0 Å². The zero-order valence-corrected chi connectivity index (χ0v) is 11.5. The normalized spacial score (nSPS) is 18.6. The van der Waals surface area contributed by atoms with E-state index in [1.807, 2.05) is 60.7 Å². The number of hydrogen-bond donors (Lipinski definition) is 2. The molecule has 1 saturated heterocycles. The molecule has 1 aliphatic rings. The van der Waals surface area contributed by atoms with Gasteiger partial charge in [-0.15, -0.1) is 0 Å². The zero-order valence-electron chi connectivity index (χ0n) is 11.5. The van der Waals surface area contributed by atoms with Crippen LogP contribution >= 0.6 is 0 Å². The van der Waals surface area contributed by atoms with Crippen molar-refractivity contribution < 1.29 is 5.11 Å². The van der Waals surface area contributed by atoms with Gasteiger partial charge in [0.15, 0.2) is 0 Å². The first kappa shape index (κ1) is 14.8. The minimum absolute atomic E-state index is 0. The second-order valence-electron chi connectivity index (χ2n) is 5.15. The molecular formula is C17H19BNO. The van der Waals surface area contributed by atoms with Gasteiger partial charge in [-0.3, -0.25) is 0 Å². The van der Waals surface area contributed by atoms with Crippen molar-refractivity contribution in [3.63, 3.8) is 0 Å². The highest BCUT2D eigenvalue weighted by Crippen LogP contribution is 2.36. The molecule has 2 nitrogen and oxygen atoms in total. The van der Waals surface area contributed by atoms with Gasteiger partial charge < -0.3 is 10.4 Å². The average Bonchev–Trinajstić information content (AvgIpc) is 3.03. The Morgan fingerprint density at radius 2 is 1.40 bits per heavy atom. The molecule has 1 heterocycles. The molecule has 101 valence electrons. The smallest absolute Gasteiger partial charge is 0.130 e. The van der Waals surface area contributed by atoms with E-state index in [1.54, 1.807) is 0 Å². The molecule has 0 aliphatic carbocycles. The van der Waals surface area contributed by atoms with Crippen molar-refractivity contribution >= 4 is 8.41 Å². The topological polar surface area (TPSA) is 32.3 Å². The van der Waals surface area contributed by atoms with E-state index in [1.165, 1.54) is 0 Å². The van der Waals surface area contributed by atoms with Gasteiger partial charge in [0.25, 0.3) is 0 Å². The van der Waals surface area contributed by atoms with Crippen LogP contribution in [0.25, 0.3) is 0 Å². The van der Waals surface area contributed by atoms with Gasteiger partial charge in [-0.25, -0.2) is 0 Å². The molecule has 3 rings (SSSR count). The monoisotopic (exact) mass is 264 g/mol. The maximum atomic E-state index is 11.4. The molecule has 1 aliphatic heterocycles. The highest BCUT2D eigenvalue weighted by molar-refractivity contribution is 5.75. The van der Waals surface area contributed by atoms with E-state index in [0.717, 1.165) is 30.5 Å². The minimum atomic E-state index is -0.945. The Bertz CT molecular complexity index is 484. The number of hydrogen-bond acceptors (Lipinski definition) is 2. The third kappa shape index (κ3) is 2.51. The average molecular weight is 264 g/mol.